The van der Waals surface area contributed by atoms with E-state index in [4.69, 9.17) is 4.74 Å². The molecule has 1 aromatic carbocycles. The summed E-state index contributed by atoms with van der Waals surface area (Å²) in [5.41, 5.74) is 4.16. The van der Waals surface area contributed by atoms with Gasteiger partial charge in [-0.1, -0.05) is 108 Å². The highest BCUT2D eigenvalue weighted by molar-refractivity contribution is 5.75. The van der Waals surface area contributed by atoms with Crippen molar-refractivity contribution in [1.29, 1.82) is 0 Å². The molecule has 2 unspecified atom stereocenters. The molecule has 0 saturated heterocycles. The Morgan fingerprint density at radius 2 is 1.42 bits per heavy atom. The summed E-state index contributed by atoms with van der Waals surface area (Å²) in [6.45, 7) is 5.46. The van der Waals surface area contributed by atoms with Crippen molar-refractivity contribution in [2.24, 2.45) is 5.92 Å². The van der Waals surface area contributed by atoms with Gasteiger partial charge in [-0.05, 0) is 74.4 Å². The lowest BCUT2D eigenvalue weighted by Crippen LogP contribution is -2.37. The molecule has 0 radical (unpaired) electrons. The number of ether oxygens (including phenoxy) is 1. The van der Waals surface area contributed by atoms with E-state index in [0.29, 0.717) is 5.75 Å². The van der Waals surface area contributed by atoms with Crippen molar-refractivity contribution in [2.75, 3.05) is 6.54 Å². The second-order valence-corrected chi connectivity index (χ2v) is 11.5. The molecule has 0 aromatic heterocycles. The van der Waals surface area contributed by atoms with Gasteiger partial charge in [-0.3, -0.25) is 10.1 Å². The van der Waals surface area contributed by atoms with Gasteiger partial charge in [-0.15, -0.1) is 0 Å². The lowest BCUT2D eigenvalue weighted by molar-refractivity contribution is -0.139. The molecule has 2 atom stereocenters. The Morgan fingerprint density at radius 3 is 1.97 bits per heavy atom. The fourth-order valence-electron chi connectivity index (χ4n) is 5.62. The molecular formula is C34H54N2O2. The zero-order chi connectivity index (χ0) is 26.8. The number of allylic oxidation sites excluding steroid dienone is 2. The predicted octanol–water partition coefficient (Wildman–Crippen LogP) is 9.29. The van der Waals surface area contributed by atoms with Crippen LogP contribution in [0.2, 0.25) is 0 Å². The average molecular weight is 523 g/mol. The highest BCUT2D eigenvalue weighted by Gasteiger charge is 2.23. The third kappa shape index (κ3) is 11.4. The second-order valence-electron chi connectivity index (χ2n) is 11.5. The van der Waals surface area contributed by atoms with Gasteiger partial charge in [-0.2, -0.15) is 0 Å². The fourth-order valence-corrected chi connectivity index (χ4v) is 5.62. The number of benzene rings is 1. The average Bonchev–Trinajstić information content (AvgIpc) is 2.95. The van der Waals surface area contributed by atoms with Crippen LogP contribution in [0.5, 0.6) is 5.75 Å². The number of rotatable bonds is 18. The molecule has 0 spiro atoms. The lowest BCUT2D eigenvalue weighted by atomic mass is 9.87. The van der Waals surface area contributed by atoms with Crippen molar-refractivity contribution in [3.05, 3.63) is 53.3 Å². The monoisotopic (exact) mass is 522 g/mol. The Kier molecular flexibility index (Phi) is 14.6. The van der Waals surface area contributed by atoms with Gasteiger partial charge in [0.05, 0.1) is 5.92 Å². The van der Waals surface area contributed by atoms with E-state index < -0.39 is 0 Å². The molecule has 2 N–H and O–H groups in total. The minimum atomic E-state index is -0.0848. The maximum Gasteiger partial charge on any atom is 0.314 e. The van der Waals surface area contributed by atoms with Crippen LogP contribution in [0.25, 0.3) is 0 Å². The minimum absolute atomic E-state index is 0.00943. The van der Waals surface area contributed by atoms with Crippen LogP contribution < -0.4 is 15.4 Å². The van der Waals surface area contributed by atoms with Crippen LogP contribution in [0.1, 0.15) is 141 Å². The predicted molar refractivity (Wildman–Crippen MR) is 160 cm³/mol. The van der Waals surface area contributed by atoms with E-state index in [1.165, 1.54) is 107 Å². The first-order valence-corrected chi connectivity index (χ1v) is 15.9. The van der Waals surface area contributed by atoms with Crippen LogP contribution in [0.4, 0.5) is 0 Å². The highest BCUT2D eigenvalue weighted by Crippen LogP contribution is 2.29. The molecule has 212 valence electrons. The Hall–Kier alpha value is -2.07. The quantitative estimate of drug-likeness (QED) is 0.0873. The molecule has 1 aromatic rings. The Morgan fingerprint density at radius 1 is 0.816 bits per heavy atom. The van der Waals surface area contributed by atoms with E-state index in [1.54, 1.807) is 0 Å². The number of esters is 1. The zero-order valence-electron chi connectivity index (χ0n) is 24.4. The summed E-state index contributed by atoms with van der Waals surface area (Å²) in [6, 6.07) is 7.97. The molecule has 0 amide bonds. The Balaban J connectivity index is 1.32. The molecule has 1 heterocycles. The van der Waals surface area contributed by atoms with Crippen molar-refractivity contribution < 1.29 is 9.53 Å². The third-order valence-electron chi connectivity index (χ3n) is 8.21. The second kappa shape index (κ2) is 18.3. The fraction of sp³-hybridized carbons (Fsp3) is 0.676. The van der Waals surface area contributed by atoms with Crippen LogP contribution in [0.15, 0.2) is 47.7 Å². The van der Waals surface area contributed by atoms with E-state index >= 15 is 0 Å². The van der Waals surface area contributed by atoms with Crippen molar-refractivity contribution in [1.82, 2.24) is 10.6 Å². The molecule has 4 heteroatoms. The largest absolute Gasteiger partial charge is 0.426 e. The van der Waals surface area contributed by atoms with E-state index in [2.05, 4.69) is 48.9 Å². The summed E-state index contributed by atoms with van der Waals surface area (Å²) in [6.07, 6.45) is 27.3. The SMILES string of the molecule is CCCCCCCCCCC1=CNC(c2ccc(OC(=O)C3CC=C(CCCCCCC)CC3)cc2)NC1. The maximum atomic E-state index is 12.7. The number of carbonyl (C=O) groups excluding carboxylic acids is 1. The standard InChI is InChI=1S/C34H54N2O2/c1-3-5-7-9-10-11-13-15-17-29-26-35-33(36-27-29)30-22-24-32(25-23-30)38-34(37)31-20-18-28(19-21-31)16-14-12-8-6-4-2/h18,22-26,31,33,35-36H,3-17,19-21,27H2,1-2H3. The maximum absolute atomic E-state index is 12.7. The molecule has 0 fully saturated rings. The van der Waals surface area contributed by atoms with Crippen molar-refractivity contribution in [3.8, 4) is 5.75 Å². The highest BCUT2D eigenvalue weighted by atomic mass is 16.5. The summed E-state index contributed by atoms with van der Waals surface area (Å²) in [4.78, 5) is 12.7. The molecule has 0 bridgehead atoms. The van der Waals surface area contributed by atoms with E-state index in [-0.39, 0.29) is 18.1 Å². The molecule has 38 heavy (non-hydrogen) atoms. The number of carbonyl (C=O) groups is 1. The van der Waals surface area contributed by atoms with Crippen LogP contribution in [-0.4, -0.2) is 12.5 Å². The van der Waals surface area contributed by atoms with Gasteiger partial charge in [0.15, 0.2) is 0 Å². The first kappa shape index (κ1) is 30.5. The molecule has 3 rings (SSSR count). The van der Waals surface area contributed by atoms with E-state index in [1.807, 2.05) is 12.1 Å². The van der Waals surface area contributed by atoms with Crippen LogP contribution >= 0.6 is 0 Å². The summed E-state index contributed by atoms with van der Waals surface area (Å²) in [7, 11) is 0. The Labute approximate surface area is 233 Å². The number of hydrogen-bond donors (Lipinski definition) is 2. The molecule has 0 saturated carbocycles. The molecular weight excluding hydrogens is 468 g/mol. The summed E-state index contributed by atoms with van der Waals surface area (Å²) in [5.74, 6) is 0.550. The zero-order valence-corrected chi connectivity index (χ0v) is 24.4. The first-order valence-electron chi connectivity index (χ1n) is 15.9. The normalized spacial score (nSPS) is 19.4. The third-order valence-corrected chi connectivity index (χ3v) is 8.21. The van der Waals surface area contributed by atoms with Crippen molar-refractivity contribution in [3.63, 3.8) is 0 Å². The van der Waals surface area contributed by atoms with Crippen LogP contribution in [0.3, 0.4) is 0 Å². The lowest BCUT2D eigenvalue weighted by Gasteiger charge is -2.26. The molecule has 2 aliphatic rings. The van der Waals surface area contributed by atoms with Gasteiger partial charge in [-0.25, -0.2) is 0 Å². The van der Waals surface area contributed by atoms with Gasteiger partial charge in [0.25, 0.3) is 0 Å². The van der Waals surface area contributed by atoms with Crippen molar-refractivity contribution in [2.45, 2.75) is 136 Å². The molecule has 1 aliphatic carbocycles. The van der Waals surface area contributed by atoms with Gasteiger partial charge in [0.2, 0.25) is 0 Å². The van der Waals surface area contributed by atoms with Gasteiger partial charge in [0, 0.05) is 6.54 Å². The van der Waals surface area contributed by atoms with Crippen molar-refractivity contribution >= 4 is 5.97 Å². The summed E-state index contributed by atoms with van der Waals surface area (Å²) < 4.78 is 5.74. The summed E-state index contributed by atoms with van der Waals surface area (Å²) in [5, 5.41) is 7.12. The van der Waals surface area contributed by atoms with E-state index in [9.17, 15) is 4.79 Å². The van der Waals surface area contributed by atoms with E-state index in [0.717, 1.165) is 31.4 Å². The topological polar surface area (TPSA) is 50.4 Å². The molecule has 4 nitrogen and oxygen atoms in total. The summed E-state index contributed by atoms with van der Waals surface area (Å²) >= 11 is 0. The number of hydrogen-bond acceptors (Lipinski definition) is 4. The van der Waals surface area contributed by atoms with Crippen LogP contribution in [0, 0.1) is 5.92 Å². The van der Waals surface area contributed by atoms with Gasteiger partial charge >= 0.3 is 5.97 Å². The van der Waals surface area contributed by atoms with Crippen LogP contribution in [-0.2, 0) is 4.79 Å². The number of unbranched alkanes of at least 4 members (excludes halogenated alkanes) is 11. The smallest absolute Gasteiger partial charge is 0.314 e. The van der Waals surface area contributed by atoms with Gasteiger partial charge in [0.1, 0.15) is 11.9 Å². The Bertz CT molecular complexity index is 858. The first-order chi connectivity index (χ1) is 18.7. The molecule has 1 aliphatic heterocycles. The van der Waals surface area contributed by atoms with Gasteiger partial charge < -0.3 is 10.1 Å². The minimum Gasteiger partial charge on any atom is -0.426 e. The number of nitrogens with one attached hydrogen (secondary N) is 2.